The first-order chi connectivity index (χ1) is 8.29. The van der Waals surface area contributed by atoms with Gasteiger partial charge in [-0.1, -0.05) is 30.3 Å². The smallest absolute Gasteiger partial charge is 0.246 e. The zero-order chi connectivity index (χ0) is 12.1. The highest BCUT2D eigenvalue weighted by molar-refractivity contribution is 5.77. The molecule has 1 aliphatic rings. The average molecular weight is 234 g/mol. The fraction of sp³-hybridized carbons (Fsp3) is 0.462. The van der Waals surface area contributed by atoms with Gasteiger partial charge in [-0.2, -0.15) is 0 Å². The summed E-state index contributed by atoms with van der Waals surface area (Å²) in [6.07, 6.45) is 1.64. The monoisotopic (exact) mass is 234 g/mol. The van der Waals surface area contributed by atoms with Crippen LogP contribution in [0.1, 0.15) is 18.4 Å². The molecule has 0 saturated carbocycles. The van der Waals surface area contributed by atoms with Crippen LogP contribution in [0.2, 0.25) is 0 Å². The Morgan fingerprint density at radius 3 is 2.53 bits per heavy atom. The van der Waals surface area contributed by atoms with E-state index in [2.05, 4.69) is 17.0 Å². The van der Waals surface area contributed by atoms with Crippen LogP contribution in [0, 0.1) is 5.92 Å². The first-order valence-electron chi connectivity index (χ1n) is 6.00. The Bertz CT molecular complexity index is 359. The van der Waals surface area contributed by atoms with E-state index in [4.69, 9.17) is 5.21 Å². The van der Waals surface area contributed by atoms with Crippen molar-refractivity contribution in [3.8, 4) is 0 Å². The minimum atomic E-state index is -0.246. The summed E-state index contributed by atoms with van der Waals surface area (Å²) in [6.45, 7) is 2.76. The van der Waals surface area contributed by atoms with Crippen LogP contribution in [0.4, 0.5) is 0 Å². The molecule has 1 heterocycles. The zero-order valence-corrected chi connectivity index (χ0v) is 9.80. The lowest BCUT2D eigenvalue weighted by atomic mass is 9.96. The third-order valence-electron chi connectivity index (χ3n) is 3.32. The number of hydrogen-bond acceptors (Lipinski definition) is 3. The minimum Gasteiger partial charge on any atom is -0.299 e. The van der Waals surface area contributed by atoms with Crippen molar-refractivity contribution >= 4 is 5.91 Å². The van der Waals surface area contributed by atoms with E-state index in [1.165, 1.54) is 5.56 Å². The second-order valence-corrected chi connectivity index (χ2v) is 4.51. The maximum Gasteiger partial charge on any atom is 0.246 e. The van der Waals surface area contributed by atoms with Gasteiger partial charge in [-0.05, 0) is 31.5 Å². The predicted molar refractivity (Wildman–Crippen MR) is 64.4 cm³/mol. The van der Waals surface area contributed by atoms with Gasteiger partial charge in [0.05, 0.1) is 0 Å². The molecule has 0 bridgehead atoms. The molecule has 1 aliphatic heterocycles. The van der Waals surface area contributed by atoms with Gasteiger partial charge in [0, 0.05) is 12.5 Å². The van der Waals surface area contributed by atoms with Crippen molar-refractivity contribution in [2.75, 3.05) is 13.1 Å². The lowest BCUT2D eigenvalue weighted by Gasteiger charge is -2.30. The lowest BCUT2D eigenvalue weighted by molar-refractivity contribution is -0.134. The summed E-state index contributed by atoms with van der Waals surface area (Å²) in [6, 6.07) is 10.3. The van der Waals surface area contributed by atoms with Gasteiger partial charge >= 0.3 is 0 Å². The Morgan fingerprint density at radius 2 is 1.94 bits per heavy atom. The highest BCUT2D eigenvalue weighted by atomic mass is 16.5. The van der Waals surface area contributed by atoms with Gasteiger partial charge in [0.2, 0.25) is 5.91 Å². The largest absolute Gasteiger partial charge is 0.299 e. The van der Waals surface area contributed by atoms with Gasteiger partial charge in [0.1, 0.15) is 0 Å². The minimum absolute atomic E-state index is 0.0352. The summed E-state index contributed by atoms with van der Waals surface area (Å²) in [4.78, 5) is 13.6. The molecule has 0 aromatic heterocycles. The van der Waals surface area contributed by atoms with Gasteiger partial charge < -0.3 is 0 Å². The standard InChI is InChI=1S/C13H18N2O2/c16-13(14-17)12-6-8-15(9-7-12)10-11-4-2-1-3-5-11/h1-5,12,17H,6-10H2,(H,14,16). The van der Waals surface area contributed by atoms with Crippen molar-refractivity contribution in [1.29, 1.82) is 0 Å². The Balaban J connectivity index is 1.82. The quantitative estimate of drug-likeness (QED) is 0.614. The van der Waals surface area contributed by atoms with Crippen LogP contribution < -0.4 is 5.48 Å². The van der Waals surface area contributed by atoms with E-state index in [0.717, 1.165) is 32.5 Å². The maximum absolute atomic E-state index is 11.3. The van der Waals surface area contributed by atoms with Gasteiger partial charge in [-0.3, -0.25) is 14.9 Å². The number of nitrogens with zero attached hydrogens (tertiary/aromatic N) is 1. The van der Waals surface area contributed by atoms with Crippen LogP contribution in [0.25, 0.3) is 0 Å². The summed E-state index contributed by atoms with van der Waals surface area (Å²) in [7, 11) is 0. The Morgan fingerprint density at radius 1 is 1.29 bits per heavy atom. The molecule has 1 fully saturated rings. The molecular weight excluding hydrogens is 216 g/mol. The molecule has 0 atom stereocenters. The predicted octanol–water partition coefficient (Wildman–Crippen LogP) is 1.40. The molecule has 0 aliphatic carbocycles. The van der Waals surface area contributed by atoms with E-state index in [1.807, 2.05) is 18.2 Å². The second-order valence-electron chi connectivity index (χ2n) is 4.51. The second kappa shape index (κ2) is 5.80. The average Bonchev–Trinajstić information content (AvgIpc) is 2.40. The number of carbonyl (C=O) groups is 1. The number of carbonyl (C=O) groups excluding carboxylic acids is 1. The first-order valence-corrected chi connectivity index (χ1v) is 6.00. The molecular formula is C13H18N2O2. The zero-order valence-electron chi connectivity index (χ0n) is 9.80. The lowest BCUT2D eigenvalue weighted by Crippen LogP contribution is -2.39. The van der Waals surface area contributed by atoms with E-state index >= 15 is 0 Å². The summed E-state index contributed by atoms with van der Waals surface area (Å²) in [5.74, 6) is -0.281. The van der Waals surface area contributed by atoms with Crippen LogP contribution in [0.5, 0.6) is 0 Å². The Kier molecular flexibility index (Phi) is 4.12. The van der Waals surface area contributed by atoms with E-state index in [9.17, 15) is 4.79 Å². The van der Waals surface area contributed by atoms with Crippen molar-refractivity contribution in [1.82, 2.24) is 10.4 Å². The molecule has 4 nitrogen and oxygen atoms in total. The normalized spacial score (nSPS) is 17.9. The third-order valence-corrected chi connectivity index (χ3v) is 3.32. The summed E-state index contributed by atoms with van der Waals surface area (Å²) >= 11 is 0. The molecule has 92 valence electrons. The van der Waals surface area contributed by atoms with Gasteiger partial charge in [0.25, 0.3) is 0 Å². The third kappa shape index (κ3) is 3.28. The Labute approximate surface area is 101 Å². The number of likely N-dealkylation sites (tertiary alicyclic amines) is 1. The number of hydroxylamine groups is 1. The summed E-state index contributed by atoms with van der Waals surface area (Å²) in [5.41, 5.74) is 3.05. The summed E-state index contributed by atoms with van der Waals surface area (Å²) in [5, 5.41) is 8.57. The molecule has 0 radical (unpaired) electrons. The van der Waals surface area contributed by atoms with Gasteiger partial charge in [0.15, 0.2) is 0 Å². The number of amides is 1. The van der Waals surface area contributed by atoms with Crippen molar-refractivity contribution in [3.05, 3.63) is 35.9 Å². The SMILES string of the molecule is O=C(NO)C1CCN(Cc2ccccc2)CC1. The number of piperidine rings is 1. The number of nitrogens with one attached hydrogen (secondary N) is 1. The first kappa shape index (κ1) is 12.1. The van der Waals surface area contributed by atoms with E-state index in [0.29, 0.717) is 0 Å². The molecule has 0 unspecified atom stereocenters. The van der Waals surface area contributed by atoms with Crippen molar-refractivity contribution in [2.24, 2.45) is 5.92 Å². The Hall–Kier alpha value is -1.39. The molecule has 1 aromatic carbocycles. The highest BCUT2D eigenvalue weighted by Gasteiger charge is 2.24. The number of hydrogen-bond donors (Lipinski definition) is 2. The molecule has 17 heavy (non-hydrogen) atoms. The fourth-order valence-corrected chi connectivity index (χ4v) is 2.29. The number of benzene rings is 1. The molecule has 0 spiro atoms. The van der Waals surface area contributed by atoms with Crippen LogP contribution in [-0.4, -0.2) is 29.1 Å². The highest BCUT2D eigenvalue weighted by Crippen LogP contribution is 2.18. The van der Waals surface area contributed by atoms with E-state index in [-0.39, 0.29) is 11.8 Å². The van der Waals surface area contributed by atoms with E-state index < -0.39 is 0 Å². The molecule has 2 N–H and O–H groups in total. The molecule has 4 heteroatoms. The molecule has 2 rings (SSSR count). The molecule has 1 saturated heterocycles. The van der Waals surface area contributed by atoms with Gasteiger partial charge in [-0.25, -0.2) is 5.48 Å². The molecule has 1 amide bonds. The van der Waals surface area contributed by atoms with Crippen molar-refractivity contribution in [3.63, 3.8) is 0 Å². The van der Waals surface area contributed by atoms with Crippen LogP contribution in [0.3, 0.4) is 0 Å². The molecule has 1 aromatic rings. The van der Waals surface area contributed by atoms with E-state index in [1.54, 1.807) is 5.48 Å². The number of rotatable bonds is 3. The van der Waals surface area contributed by atoms with Crippen molar-refractivity contribution < 1.29 is 10.0 Å². The van der Waals surface area contributed by atoms with Crippen molar-refractivity contribution in [2.45, 2.75) is 19.4 Å². The topological polar surface area (TPSA) is 52.6 Å². The maximum atomic E-state index is 11.3. The van der Waals surface area contributed by atoms with Crippen LogP contribution in [0.15, 0.2) is 30.3 Å². The fourth-order valence-electron chi connectivity index (χ4n) is 2.29. The van der Waals surface area contributed by atoms with Gasteiger partial charge in [-0.15, -0.1) is 0 Å². The van der Waals surface area contributed by atoms with Crippen LogP contribution >= 0.6 is 0 Å². The summed E-state index contributed by atoms with van der Waals surface area (Å²) < 4.78 is 0. The van der Waals surface area contributed by atoms with Crippen LogP contribution in [-0.2, 0) is 11.3 Å².